The molecule has 1 aromatic rings. The smallest absolute Gasteiger partial charge is 0.219 e. The van der Waals surface area contributed by atoms with E-state index >= 15 is 0 Å². The lowest BCUT2D eigenvalue weighted by Gasteiger charge is -2.33. The van der Waals surface area contributed by atoms with Crippen molar-refractivity contribution in [1.29, 1.82) is 0 Å². The normalized spacial score (nSPS) is 21.0. The second kappa shape index (κ2) is 9.37. The molecule has 0 aliphatic carbocycles. The van der Waals surface area contributed by atoms with Crippen molar-refractivity contribution in [2.24, 2.45) is 4.99 Å². The zero-order valence-electron chi connectivity index (χ0n) is 15.9. The van der Waals surface area contributed by atoms with Crippen molar-refractivity contribution in [3.8, 4) is 0 Å². The number of hydrogen-bond acceptors (Lipinski definition) is 4. The number of carbonyl (C=O) groups excluding carboxylic acids is 1. The summed E-state index contributed by atoms with van der Waals surface area (Å²) < 4.78 is 0. The molecule has 7 heteroatoms. The zero-order chi connectivity index (χ0) is 18.4. The van der Waals surface area contributed by atoms with Gasteiger partial charge >= 0.3 is 0 Å². The van der Waals surface area contributed by atoms with Gasteiger partial charge in [0.1, 0.15) is 0 Å². The minimum absolute atomic E-state index is 0.176. The van der Waals surface area contributed by atoms with Crippen LogP contribution in [-0.4, -0.2) is 67.5 Å². The van der Waals surface area contributed by atoms with E-state index in [1.54, 1.807) is 6.92 Å². The first-order valence-corrected chi connectivity index (χ1v) is 10.6. The van der Waals surface area contributed by atoms with Crippen LogP contribution >= 0.6 is 11.3 Å². The van der Waals surface area contributed by atoms with Gasteiger partial charge in [0.2, 0.25) is 5.91 Å². The molecule has 1 atom stereocenters. The maximum Gasteiger partial charge on any atom is 0.219 e. The monoisotopic (exact) mass is 377 g/mol. The highest BCUT2D eigenvalue weighted by Crippen LogP contribution is 2.27. The Balaban J connectivity index is 1.52. The molecule has 2 aliphatic heterocycles. The molecule has 2 saturated heterocycles. The molecule has 1 unspecified atom stereocenters. The van der Waals surface area contributed by atoms with Gasteiger partial charge in [-0.3, -0.25) is 14.7 Å². The van der Waals surface area contributed by atoms with Crippen LogP contribution in [0.5, 0.6) is 0 Å². The lowest BCUT2D eigenvalue weighted by atomic mass is 10.1. The van der Waals surface area contributed by atoms with Gasteiger partial charge < -0.3 is 15.5 Å². The summed E-state index contributed by atoms with van der Waals surface area (Å²) in [4.78, 5) is 21.8. The fraction of sp³-hybridized carbons (Fsp3) is 0.684. The molecular formula is C19H31N5OS. The second-order valence-electron chi connectivity index (χ2n) is 7.15. The molecule has 1 aromatic heterocycles. The van der Waals surface area contributed by atoms with Crippen LogP contribution in [0.25, 0.3) is 0 Å². The minimum atomic E-state index is 0.176. The Hall–Kier alpha value is -1.60. The lowest BCUT2D eigenvalue weighted by Crippen LogP contribution is -2.50. The van der Waals surface area contributed by atoms with Crippen LogP contribution in [0.1, 0.15) is 43.5 Å². The van der Waals surface area contributed by atoms with Crippen LogP contribution < -0.4 is 10.6 Å². The third kappa shape index (κ3) is 4.98. The molecule has 3 rings (SSSR count). The highest BCUT2D eigenvalue weighted by atomic mass is 32.1. The number of likely N-dealkylation sites (tertiary alicyclic amines) is 2. The predicted octanol–water partition coefficient (Wildman–Crippen LogP) is 2.06. The van der Waals surface area contributed by atoms with E-state index < -0.39 is 0 Å². The molecular weight excluding hydrogens is 346 g/mol. The summed E-state index contributed by atoms with van der Waals surface area (Å²) in [5.74, 6) is 1.04. The average Bonchev–Trinajstić information content (AvgIpc) is 3.36. The summed E-state index contributed by atoms with van der Waals surface area (Å²) in [5.41, 5.74) is 0. The standard InChI is InChI=1S/C19H31N5OS/c1-15(25)23-11-7-16(8-12-23)22-19(20-2)21-14-17(18-6-5-13-26-18)24-9-3-4-10-24/h5-6,13,16-17H,3-4,7-12,14H2,1-2H3,(H2,20,21,22). The summed E-state index contributed by atoms with van der Waals surface area (Å²) in [6, 6.07) is 5.17. The summed E-state index contributed by atoms with van der Waals surface area (Å²) in [6.45, 7) is 6.54. The average molecular weight is 378 g/mol. The van der Waals surface area contributed by atoms with Crippen molar-refractivity contribution >= 4 is 23.2 Å². The molecule has 2 fully saturated rings. The molecule has 2 aliphatic rings. The number of aliphatic imine (C=N–C) groups is 1. The highest BCUT2D eigenvalue weighted by Gasteiger charge is 2.25. The molecule has 1 amide bonds. The van der Waals surface area contributed by atoms with Crippen LogP contribution in [0.4, 0.5) is 0 Å². The van der Waals surface area contributed by atoms with Crippen LogP contribution in [0.3, 0.4) is 0 Å². The van der Waals surface area contributed by atoms with E-state index in [4.69, 9.17) is 0 Å². The number of amides is 1. The Morgan fingerprint density at radius 3 is 2.62 bits per heavy atom. The number of piperidine rings is 1. The van der Waals surface area contributed by atoms with Gasteiger partial charge in [-0.2, -0.15) is 0 Å². The van der Waals surface area contributed by atoms with Gasteiger partial charge in [-0.15, -0.1) is 11.3 Å². The van der Waals surface area contributed by atoms with Crippen molar-refractivity contribution in [2.75, 3.05) is 39.8 Å². The maximum absolute atomic E-state index is 11.5. The molecule has 2 N–H and O–H groups in total. The number of carbonyl (C=O) groups is 1. The molecule has 3 heterocycles. The molecule has 0 aromatic carbocycles. The molecule has 0 bridgehead atoms. The first-order valence-electron chi connectivity index (χ1n) is 9.67. The van der Waals surface area contributed by atoms with Crippen molar-refractivity contribution < 1.29 is 4.79 Å². The number of rotatable bonds is 5. The largest absolute Gasteiger partial charge is 0.354 e. The molecule has 144 valence electrons. The van der Waals surface area contributed by atoms with Crippen LogP contribution in [0.15, 0.2) is 22.5 Å². The Morgan fingerprint density at radius 1 is 1.31 bits per heavy atom. The van der Waals surface area contributed by atoms with E-state index in [1.807, 2.05) is 23.3 Å². The first kappa shape index (κ1) is 19.2. The number of nitrogens with one attached hydrogen (secondary N) is 2. The molecule has 6 nitrogen and oxygen atoms in total. The Morgan fingerprint density at radius 2 is 2.04 bits per heavy atom. The number of hydrogen-bond donors (Lipinski definition) is 2. The maximum atomic E-state index is 11.5. The third-order valence-corrected chi connectivity index (χ3v) is 6.39. The molecule has 0 radical (unpaired) electrons. The lowest BCUT2D eigenvalue weighted by molar-refractivity contribution is -0.129. The second-order valence-corrected chi connectivity index (χ2v) is 8.13. The topological polar surface area (TPSA) is 60.0 Å². The molecule has 0 spiro atoms. The van der Waals surface area contributed by atoms with Gasteiger partial charge in [-0.25, -0.2) is 0 Å². The van der Waals surface area contributed by atoms with E-state index in [-0.39, 0.29) is 5.91 Å². The minimum Gasteiger partial charge on any atom is -0.354 e. The highest BCUT2D eigenvalue weighted by molar-refractivity contribution is 7.10. The van der Waals surface area contributed by atoms with Crippen molar-refractivity contribution in [2.45, 2.75) is 44.7 Å². The van der Waals surface area contributed by atoms with E-state index in [0.29, 0.717) is 12.1 Å². The third-order valence-electron chi connectivity index (χ3n) is 5.42. The zero-order valence-corrected chi connectivity index (χ0v) is 16.7. The predicted molar refractivity (Wildman–Crippen MR) is 108 cm³/mol. The first-order chi connectivity index (χ1) is 12.7. The van der Waals surface area contributed by atoms with Crippen molar-refractivity contribution in [1.82, 2.24) is 20.4 Å². The van der Waals surface area contributed by atoms with Gasteiger partial charge in [-0.05, 0) is 50.2 Å². The SMILES string of the molecule is CN=C(NCC(c1cccs1)N1CCCC1)NC1CCN(C(C)=O)CC1. The van der Waals surface area contributed by atoms with E-state index in [9.17, 15) is 4.79 Å². The summed E-state index contributed by atoms with van der Waals surface area (Å²) in [7, 11) is 1.83. The van der Waals surface area contributed by atoms with Gasteiger partial charge in [0, 0.05) is 44.5 Å². The molecule has 26 heavy (non-hydrogen) atoms. The Labute approximate surface area is 160 Å². The fourth-order valence-corrected chi connectivity index (χ4v) is 4.72. The van der Waals surface area contributed by atoms with Crippen LogP contribution in [0.2, 0.25) is 0 Å². The summed E-state index contributed by atoms with van der Waals surface area (Å²) >= 11 is 1.84. The number of thiophene rings is 1. The number of guanidine groups is 1. The van der Waals surface area contributed by atoms with Crippen molar-refractivity contribution in [3.05, 3.63) is 22.4 Å². The summed E-state index contributed by atoms with van der Waals surface area (Å²) in [6.07, 6.45) is 4.54. The van der Waals surface area contributed by atoms with Gasteiger partial charge in [-0.1, -0.05) is 6.07 Å². The van der Waals surface area contributed by atoms with Crippen LogP contribution in [-0.2, 0) is 4.79 Å². The van der Waals surface area contributed by atoms with Crippen molar-refractivity contribution in [3.63, 3.8) is 0 Å². The fourth-order valence-electron chi connectivity index (χ4n) is 3.86. The number of nitrogens with zero attached hydrogens (tertiary/aromatic N) is 3. The molecule has 0 saturated carbocycles. The van der Waals surface area contributed by atoms with Gasteiger partial charge in [0.15, 0.2) is 5.96 Å². The van der Waals surface area contributed by atoms with Gasteiger partial charge in [0.05, 0.1) is 6.04 Å². The van der Waals surface area contributed by atoms with E-state index in [2.05, 4.69) is 38.0 Å². The van der Waals surface area contributed by atoms with E-state index in [0.717, 1.165) is 38.4 Å². The van der Waals surface area contributed by atoms with Gasteiger partial charge in [0.25, 0.3) is 0 Å². The van der Waals surface area contributed by atoms with Crippen LogP contribution in [0, 0.1) is 0 Å². The summed E-state index contributed by atoms with van der Waals surface area (Å²) in [5, 5.41) is 9.24. The van der Waals surface area contributed by atoms with E-state index in [1.165, 1.54) is 30.8 Å². The Kier molecular flexibility index (Phi) is 6.91. The Bertz CT molecular complexity index is 589. The quantitative estimate of drug-likeness (QED) is 0.609.